The first-order valence-corrected chi connectivity index (χ1v) is 9.80. The largest absolute Gasteiger partial charge is 0.468 e. The number of carbonyl (C=O) groups is 2. The summed E-state index contributed by atoms with van der Waals surface area (Å²) in [6, 6.07) is 2.86. The molecule has 0 saturated carbocycles. The van der Waals surface area contributed by atoms with Gasteiger partial charge in [0.15, 0.2) is 6.61 Å². The summed E-state index contributed by atoms with van der Waals surface area (Å²) in [5, 5.41) is 0. The van der Waals surface area contributed by atoms with Crippen LogP contribution in [0.25, 0.3) is 0 Å². The first-order chi connectivity index (χ1) is 13.9. The molecule has 0 aliphatic carbocycles. The number of aromatic nitrogens is 1. The van der Waals surface area contributed by atoms with E-state index in [4.69, 9.17) is 4.74 Å². The molecular weight excluding hydrogens is 403 g/mol. The van der Waals surface area contributed by atoms with Crippen LogP contribution in [0.15, 0.2) is 18.3 Å². The van der Waals surface area contributed by atoms with Gasteiger partial charge in [-0.3, -0.25) is 4.79 Å². The predicted molar refractivity (Wildman–Crippen MR) is 102 cm³/mol. The van der Waals surface area contributed by atoms with Gasteiger partial charge in [-0.05, 0) is 39.7 Å². The number of ether oxygens (including phenoxy) is 2. The topological polar surface area (TPSA) is 72.0 Å². The maximum atomic E-state index is 12.6. The number of rotatable bonds is 3. The van der Waals surface area contributed by atoms with E-state index in [1.54, 1.807) is 9.80 Å². The number of likely N-dealkylation sites (tertiary alicyclic amines) is 1. The number of anilines is 1. The van der Waals surface area contributed by atoms with Gasteiger partial charge in [-0.1, -0.05) is 0 Å². The average molecular weight is 429 g/mol. The maximum absolute atomic E-state index is 12.6. The van der Waals surface area contributed by atoms with Crippen LogP contribution in [0.3, 0.4) is 0 Å². The number of hydrogen-bond acceptors (Lipinski definition) is 5. The quantitative estimate of drug-likeness (QED) is 0.731. The van der Waals surface area contributed by atoms with E-state index in [0.29, 0.717) is 44.6 Å². The fourth-order valence-electron chi connectivity index (χ4n) is 3.73. The number of halogens is 3. The molecule has 166 valence electrons. The molecule has 1 aromatic heterocycles. The third-order valence-corrected chi connectivity index (χ3v) is 5.21. The van der Waals surface area contributed by atoms with E-state index >= 15 is 0 Å². The van der Waals surface area contributed by atoms with Gasteiger partial charge in [0.1, 0.15) is 5.60 Å². The van der Waals surface area contributed by atoms with E-state index in [1.165, 1.54) is 18.3 Å². The highest BCUT2D eigenvalue weighted by atomic mass is 19.4. The van der Waals surface area contributed by atoms with E-state index in [9.17, 15) is 22.8 Å². The number of carbonyl (C=O) groups excluding carboxylic acids is 2. The lowest BCUT2D eigenvalue weighted by atomic mass is 9.78. The van der Waals surface area contributed by atoms with Gasteiger partial charge in [0.25, 0.3) is 0 Å². The fraction of sp³-hybridized carbons (Fsp3) is 0.650. The molecule has 2 amide bonds. The molecule has 7 nitrogen and oxygen atoms in total. The van der Waals surface area contributed by atoms with Gasteiger partial charge >= 0.3 is 12.3 Å². The molecule has 0 unspecified atom stereocenters. The summed E-state index contributed by atoms with van der Waals surface area (Å²) in [6.45, 7) is 5.54. The zero-order valence-corrected chi connectivity index (χ0v) is 17.3. The van der Waals surface area contributed by atoms with Crippen LogP contribution in [0.4, 0.5) is 23.7 Å². The second-order valence-corrected chi connectivity index (χ2v) is 8.88. The molecule has 0 radical (unpaired) electrons. The van der Waals surface area contributed by atoms with Crippen molar-refractivity contribution in [3.63, 3.8) is 0 Å². The summed E-state index contributed by atoms with van der Waals surface area (Å²) in [5.41, 5.74) is -0.276. The summed E-state index contributed by atoms with van der Waals surface area (Å²) in [6.07, 6.45) is -1.73. The number of piperidine rings is 1. The Balaban J connectivity index is 1.58. The Bertz CT molecular complexity index is 782. The molecule has 0 atom stereocenters. The number of hydrogen-bond donors (Lipinski definition) is 0. The minimum atomic E-state index is -4.44. The Hall–Kier alpha value is -2.52. The van der Waals surface area contributed by atoms with Gasteiger partial charge in [-0.2, -0.15) is 13.2 Å². The van der Waals surface area contributed by atoms with Crippen molar-refractivity contribution in [1.82, 2.24) is 9.88 Å². The van der Waals surface area contributed by atoms with Crippen LogP contribution in [-0.2, 0) is 9.53 Å². The van der Waals surface area contributed by atoms with Gasteiger partial charge in [-0.15, -0.1) is 0 Å². The number of nitrogens with zero attached hydrogens (tertiary/aromatic N) is 3. The highest BCUT2D eigenvalue weighted by Gasteiger charge is 2.46. The summed E-state index contributed by atoms with van der Waals surface area (Å²) in [7, 11) is 0. The molecule has 1 spiro atoms. The Kier molecular flexibility index (Phi) is 5.88. The fourth-order valence-corrected chi connectivity index (χ4v) is 3.73. The molecule has 30 heavy (non-hydrogen) atoms. The molecule has 3 heterocycles. The van der Waals surface area contributed by atoms with Crippen molar-refractivity contribution >= 4 is 17.7 Å². The van der Waals surface area contributed by atoms with Crippen molar-refractivity contribution in [3.05, 3.63) is 18.3 Å². The highest BCUT2D eigenvalue weighted by molar-refractivity contribution is 5.96. The maximum Gasteiger partial charge on any atom is 0.422 e. The van der Waals surface area contributed by atoms with Gasteiger partial charge in [0.05, 0.1) is 11.9 Å². The molecule has 0 bridgehead atoms. The number of amides is 2. The Morgan fingerprint density at radius 3 is 2.40 bits per heavy atom. The van der Waals surface area contributed by atoms with E-state index in [0.717, 1.165) is 0 Å². The van der Waals surface area contributed by atoms with Crippen LogP contribution < -0.4 is 9.64 Å². The third kappa shape index (κ3) is 5.54. The Morgan fingerprint density at radius 2 is 1.87 bits per heavy atom. The summed E-state index contributed by atoms with van der Waals surface area (Å²) >= 11 is 0. The second-order valence-electron chi connectivity index (χ2n) is 8.88. The van der Waals surface area contributed by atoms with Crippen molar-refractivity contribution in [2.24, 2.45) is 5.41 Å². The van der Waals surface area contributed by atoms with Crippen molar-refractivity contribution in [1.29, 1.82) is 0 Å². The summed E-state index contributed by atoms with van der Waals surface area (Å²) < 4.78 is 46.7. The standard InChI is InChI=1S/C20H26F3N3O4/c1-18(2,3)30-17(28)25-8-6-19(7-9-25)10-16(27)26(12-19)14-4-5-15(24-11-14)29-13-20(21,22)23/h4-5,11H,6-10,12-13H2,1-3H3. The average Bonchev–Trinajstić information content (AvgIpc) is 2.95. The Labute approximate surface area is 173 Å². The molecule has 1 aromatic rings. The van der Waals surface area contributed by atoms with E-state index < -0.39 is 18.4 Å². The van der Waals surface area contributed by atoms with E-state index in [1.807, 2.05) is 20.8 Å². The van der Waals surface area contributed by atoms with Gasteiger partial charge < -0.3 is 19.3 Å². The molecule has 2 aliphatic heterocycles. The first-order valence-electron chi connectivity index (χ1n) is 9.80. The number of alkyl halides is 3. The second kappa shape index (κ2) is 7.96. The molecule has 2 aliphatic rings. The van der Waals surface area contributed by atoms with E-state index in [2.05, 4.69) is 9.72 Å². The van der Waals surface area contributed by atoms with Gasteiger partial charge in [-0.25, -0.2) is 9.78 Å². The predicted octanol–water partition coefficient (Wildman–Crippen LogP) is 3.78. The smallest absolute Gasteiger partial charge is 0.422 e. The van der Waals surface area contributed by atoms with Crippen LogP contribution in [0.1, 0.15) is 40.0 Å². The normalized spacial score (nSPS) is 19.3. The minimum Gasteiger partial charge on any atom is -0.468 e. The van der Waals surface area contributed by atoms with Crippen molar-refractivity contribution in [3.8, 4) is 5.88 Å². The lowest BCUT2D eigenvalue weighted by molar-refractivity contribution is -0.154. The first kappa shape index (κ1) is 22.2. The highest BCUT2D eigenvalue weighted by Crippen LogP contribution is 2.42. The van der Waals surface area contributed by atoms with Crippen LogP contribution in [0.2, 0.25) is 0 Å². The summed E-state index contributed by atoms with van der Waals surface area (Å²) in [4.78, 5) is 32.0. The van der Waals surface area contributed by atoms with Crippen molar-refractivity contribution in [2.75, 3.05) is 31.1 Å². The molecular formula is C20H26F3N3O4. The SMILES string of the molecule is CC(C)(C)OC(=O)N1CCC2(CC1)CC(=O)N(c1ccc(OCC(F)(F)F)nc1)C2. The van der Waals surface area contributed by atoms with E-state index in [-0.39, 0.29) is 23.3 Å². The van der Waals surface area contributed by atoms with Crippen molar-refractivity contribution in [2.45, 2.75) is 51.8 Å². The van der Waals surface area contributed by atoms with Gasteiger partial charge in [0.2, 0.25) is 11.8 Å². The lowest BCUT2D eigenvalue weighted by Gasteiger charge is -2.39. The monoisotopic (exact) mass is 429 g/mol. The zero-order chi connectivity index (χ0) is 22.2. The molecule has 0 aromatic carbocycles. The molecule has 3 rings (SSSR count). The molecule has 0 N–H and O–H groups in total. The van der Waals surface area contributed by atoms with Crippen LogP contribution >= 0.6 is 0 Å². The number of pyridine rings is 1. The minimum absolute atomic E-state index is 0.0634. The third-order valence-electron chi connectivity index (χ3n) is 5.21. The van der Waals surface area contributed by atoms with Crippen LogP contribution in [-0.4, -0.2) is 59.9 Å². The van der Waals surface area contributed by atoms with Crippen molar-refractivity contribution < 1.29 is 32.2 Å². The van der Waals surface area contributed by atoms with Gasteiger partial charge in [0, 0.05) is 37.5 Å². The zero-order valence-electron chi connectivity index (χ0n) is 17.3. The lowest BCUT2D eigenvalue weighted by Crippen LogP contribution is -2.46. The summed E-state index contributed by atoms with van der Waals surface area (Å²) in [5.74, 6) is -0.213. The molecule has 10 heteroatoms. The van der Waals surface area contributed by atoms with Crippen LogP contribution in [0, 0.1) is 5.41 Å². The molecule has 2 fully saturated rings. The van der Waals surface area contributed by atoms with Crippen LogP contribution in [0.5, 0.6) is 5.88 Å². The molecule has 2 saturated heterocycles. The Morgan fingerprint density at radius 1 is 1.20 bits per heavy atom.